The normalized spacial score (nSPS) is 19.5. The Balaban J connectivity index is 2.38. The third-order valence-electron chi connectivity index (χ3n) is 2.06. The Bertz CT molecular complexity index is 357. The van der Waals surface area contributed by atoms with Crippen molar-refractivity contribution in [1.29, 1.82) is 0 Å². The first-order valence-corrected chi connectivity index (χ1v) is 4.21. The van der Waals surface area contributed by atoms with Gasteiger partial charge in [0, 0.05) is 0 Å². The van der Waals surface area contributed by atoms with Crippen LogP contribution < -0.4 is 10.1 Å². The first-order valence-electron chi connectivity index (χ1n) is 4.21. The molecular formula is C9H9F2NO2. The Morgan fingerprint density at radius 3 is 3.00 bits per heavy atom. The molecule has 1 aliphatic heterocycles. The van der Waals surface area contributed by atoms with Crippen molar-refractivity contribution in [1.82, 2.24) is 0 Å². The summed E-state index contributed by atoms with van der Waals surface area (Å²) in [5.41, 5.74) is 0.411. The number of halogens is 2. The first-order chi connectivity index (χ1) is 6.72. The number of aliphatic hydroxyl groups excluding tert-OH is 1. The van der Waals surface area contributed by atoms with Crippen LogP contribution in [0.5, 0.6) is 5.75 Å². The van der Waals surface area contributed by atoms with Gasteiger partial charge >= 0.3 is 0 Å². The van der Waals surface area contributed by atoms with Gasteiger partial charge in [-0.05, 0) is 12.1 Å². The standard InChI is InChI=1S/C9H9F2NO2/c10-6-1-2-7-9(8(6)11)14-5(4-13)3-12-7/h1-2,5,12-13H,3-4H2. The summed E-state index contributed by atoms with van der Waals surface area (Å²) in [6.07, 6.45) is -0.529. The smallest absolute Gasteiger partial charge is 0.202 e. The lowest BCUT2D eigenvalue weighted by Gasteiger charge is -2.26. The van der Waals surface area contributed by atoms with Crippen LogP contribution in [0.4, 0.5) is 14.5 Å². The monoisotopic (exact) mass is 201 g/mol. The topological polar surface area (TPSA) is 41.5 Å². The molecule has 1 aromatic carbocycles. The summed E-state index contributed by atoms with van der Waals surface area (Å²) in [4.78, 5) is 0. The van der Waals surface area contributed by atoms with Crippen LogP contribution in [-0.2, 0) is 0 Å². The van der Waals surface area contributed by atoms with E-state index in [1.54, 1.807) is 0 Å². The molecule has 0 radical (unpaired) electrons. The second kappa shape index (κ2) is 3.42. The Labute approximate surface area is 79.3 Å². The number of hydrogen-bond acceptors (Lipinski definition) is 3. The largest absolute Gasteiger partial charge is 0.481 e. The number of rotatable bonds is 1. The van der Waals surface area contributed by atoms with E-state index in [0.717, 1.165) is 6.07 Å². The zero-order valence-electron chi connectivity index (χ0n) is 7.26. The maximum absolute atomic E-state index is 13.2. The molecule has 0 saturated heterocycles. The second-order valence-electron chi connectivity index (χ2n) is 3.04. The molecule has 2 rings (SSSR count). The first kappa shape index (κ1) is 9.21. The lowest BCUT2D eigenvalue weighted by molar-refractivity contribution is 0.114. The molecule has 0 bridgehead atoms. The molecule has 0 aliphatic carbocycles. The van der Waals surface area contributed by atoms with Crippen LogP contribution >= 0.6 is 0 Å². The van der Waals surface area contributed by atoms with E-state index >= 15 is 0 Å². The van der Waals surface area contributed by atoms with Crippen molar-refractivity contribution in [3.63, 3.8) is 0 Å². The average molecular weight is 201 g/mol. The van der Waals surface area contributed by atoms with Gasteiger partial charge in [0.2, 0.25) is 5.82 Å². The van der Waals surface area contributed by atoms with Gasteiger partial charge in [-0.3, -0.25) is 0 Å². The highest BCUT2D eigenvalue weighted by Crippen LogP contribution is 2.33. The van der Waals surface area contributed by atoms with Crippen LogP contribution in [0.1, 0.15) is 0 Å². The molecule has 0 spiro atoms. The SMILES string of the molecule is OCC1CNc2ccc(F)c(F)c2O1. The minimum Gasteiger partial charge on any atom is -0.481 e. The Kier molecular flexibility index (Phi) is 2.25. The van der Waals surface area contributed by atoms with Crippen molar-refractivity contribution in [2.45, 2.75) is 6.10 Å². The van der Waals surface area contributed by atoms with E-state index in [1.807, 2.05) is 0 Å². The zero-order chi connectivity index (χ0) is 10.1. The van der Waals surface area contributed by atoms with E-state index in [4.69, 9.17) is 9.84 Å². The minimum atomic E-state index is -1.02. The molecule has 1 aliphatic rings. The molecule has 3 nitrogen and oxygen atoms in total. The highest BCUT2D eigenvalue weighted by atomic mass is 19.2. The predicted molar refractivity (Wildman–Crippen MR) is 46.3 cm³/mol. The molecular weight excluding hydrogens is 192 g/mol. The summed E-state index contributed by atoms with van der Waals surface area (Å²) in [6, 6.07) is 2.44. The highest BCUT2D eigenvalue weighted by Gasteiger charge is 2.23. The number of ether oxygens (including phenoxy) is 1. The summed E-state index contributed by atoms with van der Waals surface area (Å²) in [7, 11) is 0. The maximum Gasteiger partial charge on any atom is 0.202 e. The van der Waals surface area contributed by atoms with Crippen LogP contribution in [-0.4, -0.2) is 24.4 Å². The summed E-state index contributed by atoms with van der Waals surface area (Å²) >= 11 is 0. The van der Waals surface area contributed by atoms with Gasteiger partial charge in [-0.25, -0.2) is 4.39 Å². The van der Waals surface area contributed by atoms with Gasteiger partial charge in [0.15, 0.2) is 11.6 Å². The maximum atomic E-state index is 13.2. The van der Waals surface area contributed by atoms with Gasteiger partial charge in [0.05, 0.1) is 18.8 Å². The molecule has 5 heteroatoms. The third kappa shape index (κ3) is 1.39. The molecule has 0 aromatic heterocycles. The minimum absolute atomic E-state index is 0.157. The molecule has 2 N–H and O–H groups in total. The highest BCUT2D eigenvalue weighted by molar-refractivity contribution is 5.58. The van der Waals surface area contributed by atoms with E-state index in [0.29, 0.717) is 12.2 Å². The summed E-state index contributed by atoms with van der Waals surface area (Å²) in [5, 5.41) is 11.6. The van der Waals surface area contributed by atoms with Gasteiger partial charge in [-0.15, -0.1) is 0 Å². The fraction of sp³-hybridized carbons (Fsp3) is 0.333. The fourth-order valence-corrected chi connectivity index (χ4v) is 1.32. The molecule has 0 fully saturated rings. The van der Waals surface area contributed by atoms with E-state index in [2.05, 4.69) is 5.32 Å². The summed E-state index contributed by atoms with van der Waals surface area (Å²) < 4.78 is 31.0. The van der Waals surface area contributed by atoms with Crippen molar-refractivity contribution in [2.24, 2.45) is 0 Å². The molecule has 1 heterocycles. The van der Waals surface area contributed by atoms with Gasteiger partial charge in [-0.1, -0.05) is 0 Å². The van der Waals surface area contributed by atoms with Crippen molar-refractivity contribution in [2.75, 3.05) is 18.5 Å². The molecule has 14 heavy (non-hydrogen) atoms. The Morgan fingerprint density at radius 1 is 1.50 bits per heavy atom. The van der Waals surface area contributed by atoms with Gasteiger partial charge in [0.1, 0.15) is 6.10 Å². The van der Waals surface area contributed by atoms with Crippen LogP contribution in [0.25, 0.3) is 0 Å². The Morgan fingerprint density at radius 2 is 2.29 bits per heavy atom. The number of nitrogens with one attached hydrogen (secondary N) is 1. The zero-order valence-corrected chi connectivity index (χ0v) is 7.26. The van der Waals surface area contributed by atoms with Crippen LogP contribution in [0.15, 0.2) is 12.1 Å². The quantitative estimate of drug-likeness (QED) is 0.715. The predicted octanol–water partition coefficient (Wildman–Crippen LogP) is 1.13. The van der Waals surface area contributed by atoms with Crippen molar-refractivity contribution in [3.05, 3.63) is 23.8 Å². The number of aliphatic hydroxyl groups is 1. The fourth-order valence-electron chi connectivity index (χ4n) is 1.32. The lowest BCUT2D eigenvalue weighted by Crippen LogP contribution is -2.34. The van der Waals surface area contributed by atoms with Gasteiger partial charge < -0.3 is 15.2 Å². The van der Waals surface area contributed by atoms with Gasteiger partial charge in [0.25, 0.3) is 0 Å². The van der Waals surface area contributed by atoms with Crippen LogP contribution in [0.2, 0.25) is 0 Å². The number of benzene rings is 1. The molecule has 1 atom stereocenters. The number of hydrogen-bond donors (Lipinski definition) is 2. The van der Waals surface area contributed by atoms with Crippen molar-refractivity contribution < 1.29 is 18.6 Å². The lowest BCUT2D eigenvalue weighted by atomic mass is 10.2. The molecule has 0 saturated carbocycles. The van der Waals surface area contributed by atoms with Crippen molar-refractivity contribution >= 4 is 5.69 Å². The van der Waals surface area contributed by atoms with Crippen LogP contribution in [0, 0.1) is 11.6 Å². The van der Waals surface area contributed by atoms with E-state index < -0.39 is 17.7 Å². The van der Waals surface area contributed by atoms with Crippen molar-refractivity contribution in [3.8, 4) is 5.75 Å². The van der Waals surface area contributed by atoms with E-state index in [9.17, 15) is 8.78 Å². The molecule has 1 aromatic rings. The average Bonchev–Trinajstić information content (AvgIpc) is 2.23. The third-order valence-corrected chi connectivity index (χ3v) is 2.06. The van der Waals surface area contributed by atoms with Crippen LogP contribution in [0.3, 0.4) is 0 Å². The van der Waals surface area contributed by atoms with E-state index in [1.165, 1.54) is 6.07 Å². The molecule has 76 valence electrons. The molecule has 1 unspecified atom stereocenters. The number of fused-ring (bicyclic) bond motifs is 1. The Hall–Kier alpha value is -1.36. The molecule has 0 amide bonds. The van der Waals surface area contributed by atoms with Gasteiger partial charge in [-0.2, -0.15) is 4.39 Å². The number of anilines is 1. The summed E-state index contributed by atoms with van der Waals surface area (Å²) in [5.74, 6) is -2.13. The summed E-state index contributed by atoms with van der Waals surface area (Å²) in [6.45, 7) is 0.150. The second-order valence-corrected chi connectivity index (χ2v) is 3.04. The van der Waals surface area contributed by atoms with E-state index in [-0.39, 0.29) is 12.4 Å².